The average molecular weight is 398 g/mol. The number of nitrogens with one attached hydrogen (secondary N) is 1. The predicted molar refractivity (Wildman–Crippen MR) is 106 cm³/mol. The van der Waals surface area contributed by atoms with Crippen LogP contribution in [0.1, 0.15) is 43.2 Å². The Kier molecular flexibility index (Phi) is 4.74. The lowest BCUT2D eigenvalue weighted by Gasteiger charge is -2.42. The molecule has 4 rings (SSSR count). The minimum atomic E-state index is -0.716. The molecule has 0 atom stereocenters. The molecule has 0 aliphatic heterocycles. The second-order valence-electron chi connectivity index (χ2n) is 8.00. The van der Waals surface area contributed by atoms with E-state index in [1.165, 1.54) is 25.3 Å². The second kappa shape index (κ2) is 7.11. The van der Waals surface area contributed by atoms with Crippen molar-refractivity contribution in [2.75, 3.05) is 12.4 Å². The Morgan fingerprint density at radius 3 is 2.76 bits per heavy atom. The quantitative estimate of drug-likeness (QED) is 0.642. The number of aromatic nitrogens is 3. The highest BCUT2D eigenvalue weighted by molar-refractivity contribution is 6.05. The van der Waals surface area contributed by atoms with Crippen LogP contribution in [0.5, 0.6) is 5.75 Å². The third-order valence-electron chi connectivity index (χ3n) is 5.53. The maximum atomic E-state index is 13.3. The van der Waals surface area contributed by atoms with Gasteiger partial charge in [-0.2, -0.15) is 9.49 Å². The van der Waals surface area contributed by atoms with Crippen LogP contribution in [-0.4, -0.2) is 38.5 Å². The summed E-state index contributed by atoms with van der Waals surface area (Å²) in [5.74, 6) is -0.536. The van der Waals surface area contributed by atoms with Crippen LogP contribution >= 0.6 is 0 Å². The molecular weight excluding hydrogens is 375 g/mol. The van der Waals surface area contributed by atoms with Crippen molar-refractivity contribution in [3.8, 4) is 5.75 Å². The molecule has 8 heteroatoms. The molecule has 1 aliphatic rings. The van der Waals surface area contributed by atoms with Crippen LogP contribution in [0.3, 0.4) is 0 Å². The van der Waals surface area contributed by atoms with Crippen molar-refractivity contribution in [1.82, 2.24) is 14.8 Å². The molecule has 0 bridgehead atoms. The minimum Gasteiger partial charge on any atom is -0.494 e. The number of fused-ring (bicyclic) bond motifs is 1. The molecule has 2 aromatic heterocycles. The van der Waals surface area contributed by atoms with Gasteiger partial charge < -0.3 is 15.2 Å². The highest BCUT2D eigenvalue weighted by Crippen LogP contribution is 2.44. The molecule has 152 valence electrons. The largest absolute Gasteiger partial charge is 0.494 e. The molecule has 29 heavy (non-hydrogen) atoms. The molecule has 1 aliphatic carbocycles. The molecule has 7 nitrogen and oxygen atoms in total. The number of hydrogen-bond acceptors (Lipinski definition) is 5. The van der Waals surface area contributed by atoms with Crippen LogP contribution < -0.4 is 10.1 Å². The minimum absolute atomic E-state index is 0.0185. The fourth-order valence-electron chi connectivity index (χ4n) is 3.63. The van der Waals surface area contributed by atoms with Gasteiger partial charge in [0.15, 0.2) is 0 Å². The third kappa shape index (κ3) is 3.80. The summed E-state index contributed by atoms with van der Waals surface area (Å²) in [4.78, 5) is 16.0. The number of pyridine rings is 1. The molecular formula is C21H23FN4O3. The number of benzene rings is 1. The first-order valence-corrected chi connectivity index (χ1v) is 9.48. The number of anilines is 1. The van der Waals surface area contributed by atoms with Gasteiger partial charge in [-0.25, -0.2) is 4.98 Å². The second-order valence-corrected chi connectivity index (χ2v) is 8.00. The summed E-state index contributed by atoms with van der Waals surface area (Å²) in [5.41, 5.74) is 0.498. The van der Waals surface area contributed by atoms with E-state index in [0.717, 1.165) is 23.7 Å². The number of ether oxygens (including phenoxy) is 1. The van der Waals surface area contributed by atoms with E-state index in [1.807, 2.05) is 24.7 Å². The number of carbonyl (C=O) groups excluding carboxylic acids is 1. The van der Waals surface area contributed by atoms with Gasteiger partial charge in [-0.05, 0) is 50.8 Å². The van der Waals surface area contributed by atoms with E-state index in [0.29, 0.717) is 11.4 Å². The summed E-state index contributed by atoms with van der Waals surface area (Å²) in [6.07, 6.45) is 3.66. The number of amides is 1. The Balaban J connectivity index is 1.58. The number of carbonyl (C=O) groups is 1. The molecule has 1 aromatic carbocycles. The lowest BCUT2D eigenvalue weighted by molar-refractivity contribution is -0.0412. The first kappa shape index (κ1) is 19.3. The summed E-state index contributed by atoms with van der Waals surface area (Å²) in [5, 5.41) is 18.3. The first-order valence-electron chi connectivity index (χ1n) is 9.48. The summed E-state index contributed by atoms with van der Waals surface area (Å²) in [7, 11) is 1.51. The molecule has 0 saturated heterocycles. The van der Waals surface area contributed by atoms with Crippen LogP contribution in [0.25, 0.3) is 10.9 Å². The van der Waals surface area contributed by atoms with Gasteiger partial charge in [0.1, 0.15) is 11.4 Å². The number of rotatable bonds is 5. The van der Waals surface area contributed by atoms with Gasteiger partial charge in [0.05, 0.1) is 30.0 Å². The molecule has 1 saturated carbocycles. The monoisotopic (exact) mass is 398 g/mol. The van der Waals surface area contributed by atoms with Crippen LogP contribution in [0.2, 0.25) is 0 Å². The molecule has 2 heterocycles. The van der Waals surface area contributed by atoms with Gasteiger partial charge in [-0.1, -0.05) is 6.07 Å². The Labute approximate surface area is 167 Å². The van der Waals surface area contributed by atoms with Crippen LogP contribution in [-0.2, 0) is 0 Å². The van der Waals surface area contributed by atoms with Gasteiger partial charge in [0.2, 0.25) is 5.95 Å². The van der Waals surface area contributed by atoms with E-state index in [9.17, 15) is 14.3 Å². The van der Waals surface area contributed by atoms with Crippen molar-refractivity contribution >= 4 is 22.5 Å². The lowest BCUT2D eigenvalue weighted by Crippen LogP contribution is -2.41. The normalized spacial score (nSPS) is 19.1. The SMILES string of the molecule is COc1cc2nn(C3CC(C(C)(C)O)C3)cc2cc1NC(=O)c1cccc(F)n1. The van der Waals surface area contributed by atoms with Crippen molar-refractivity contribution in [2.45, 2.75) is 38.3 Å². The highest BCUT2D eigenvalue weighted by atomic mass is 19.1. The Hall–Kier alpha value is -3.00. The van der Waals surface area contributed by atoms with Crippen molar-refractivity contribution < 1.29 is 19.0 Å². The van der Waals surface area contributed by atoms with E-state index in [4.69, 9.17) is 4.74 Å². The van der Waals surface area contributed by atoms with Gasteiger partial charge in [-0.15, -0.1) is 0 Å². The summed E-state index contributed by atoms with van der Waals surface area (Å²) in [6, 6.07) is 7.83. The summed E-state index contributed by atoms with van der Waals surface area (Å²) < 4.78 is 20.6. The standard InChI is InChI=1S/C21H23FN4O3/c1-21(2,28)13-8-14(9-13)26-11-12-7-17(18(29-3)10-16(12)25-26)24-20(27)15-5-4-6-19(22)23-15/h4-7,10-11,13-14,28H,8-9H2,1-3H3,(H,24,27). The van der Waals surface area contributed by atoms with Crippen molar-refractivity contribution in [1.29, 1.82) is 0 Å². The molecule has 0 unspecified atom stereocenters. The molecule has 2 N–H and O–H groups in total. The maximum Gasteiger partial charge on any atom is 0.274 e. The fraction of sp³-hybridized carbons (Fsp3) is 0.381. The number of hydrogen-bond donors (Lipinski definition) is 2. The van der Waals surface area contributed by atoms with Crippen LogP contribution in [0.4, 0.5) is 10.1 Å². The number of halogens is 1. The van der Waals surface area contributed by atoms with Gasteiger partial charge in [0.25, 0.3) is 5.91 Å². The van der Waals surface area contributed by atoms with Crippen molar-refractivity contribution in [3.63, 3.8) is 0 Å². The van der Waals surface area contributed by atoms with Gasteiger partial charge >= 0.3 is 0 Å². The van der Waals surface area contributed by atoms with E-state index >= 15 is 0 Å². The number of methoxy groups -OCH3 is 1. The molecule has 0 radical (unpaired) electrons. The first-order chi connectivity index (χ1) is 13.7. The lowest BCUT2D eigenvalue weighted by atomic mass is 9.71. The number of aliphatic hydroxyl groups is 1. The Morgan fingerprint density at radius 2 is 2.10 bits per heavy atom. The van der Waals surface area contributed by atoms with Gasteiger partial charge in [-0.3, -0.25) is 9.48 Å². The maximum absolute atomic E-state index is 13.3. The smallest absolute Gasteiger partial charge is 0.274 e. The van der Waals surface area contributed by atoms with Crippen LogP contribution in [0.15, 0.2) is 36.5 Å². The Morgan fingerprint density at radius 1 is 1.34 bits per heavy atom. The van der Waals surface area contributed by atoms with E-state index in [1.54, 1.807) is 12.1 Å². The zero-order valence-electron chi connectivity index (χ0n) is 16.5. The zero-order chi connectivity index (χ0) is 20.8. The van der Waals surface area contributed by atoms with Gasteiger partial charge in [0, 0.05) is 17.6 Å². The molecule has 3 aromatic rings. The van der Waals surface area contributed by atoms with Crippen molar-refractivity contribution in [2.24, 2.45) is 5.92 Å². The summed E-state index contributed by atoms with van der Waals surface area (Å²) >= 11 is 0. The zero-order valence-corrected chi connectivity index (χ0v) is 16.5. The van der Waals surface area contributed by atoms with E-state index in [2.05, 4.69) is 15.4 Å². The number of nitrogens with zero attached hydrogens (tertiary/aromatic N) is 3. The van der Waals surface area contributed by atoms with Crippen LogP contribution in [0, 0.1) is 11.9 Å². The topological polar surface area (TPSA) is 89.3 Å². The third-order valence-corrected chi connectivity index (χ3v) is 5.53. The van der Waals surface area contributed by atoms with Crippen molar-refractivity contribution in [3.05, 3.63) is 48.2 Å². The highest BCUT2D eigenvalue weighted by Gasteiger charge is 2.40. The predicted octanol–water partition coefficient (Wildman–Crippen LogP) is 3.55. The molecule has 0 spiro atoms. The fourth-order valence-corrected chi connectivity index (χ4v) is 3.63. The Bertz CT molecular complexity index is 1070. The van der Waals surface area contributed by atoms with E-state index in [-0.39, 0.29) is 17.7 Å². The van der Waals surface area contributed by atoms with E-state index < -0.39 is 17.5 Å². The average Bonchev–Trinajstić information content (AvgIpc) is 3.00. The molecule has 1 amide bonds. The summed E-state index contributed by atoms with van der Waals surface area (Å²) in [6.45, 7) is 3.67. The molecule has 1 fully saturated rings.